The molecule has 0 heterocycles. The van der Waals surface area contributed by atoms with E-state index < -0.39 is 0 Å². The minimum atomic E-state index is 0.914. The first kappa shape index (κ1) is 39.9. The monoisotopic (exact) mass is 572 g/mol. The molecule has 0 bridgehead atoms. The van der Waals surface area contributed by atoms with E-state index in [1.807, 2.05) is 0 Å². The van der Waals surface area contributed by atoms with Crippen molar-refractivity contribution < 1.29 is 4.74 Å². The van der Waals surface area contributed by atoms with E-state index in [1.165, 1.54) is 148 Å². The summed E-state index contributed by atoms with van der Waals surface area (Å²) in [5.74, 6) is 0. The number of hydrogen-bond donors (Lipinski definition) is 1. The van der Waals surface area contributed by atoms with E-state index in [1.54, 1.807) is 0 Å². The van der Waals surface area contributed by atoms with E-state index in [2.05, 4.69) is 67.8 Å². The summed E-state index contributed by atoms with van der Waals surface area (Å²) in [5, 5.41) is 3.59. The van der Waals surface area contributed by atoms with E-state index in [-0.39, 0.29) is 0 Å². The van der Waals surface area contributed by atoms with Gasteiger partial charge in [-0.15, -0.1) is 0 Å². The number of ether oxygens (including phenoxy) is 1. The van der Waals surface area contributed by atoms with Crippen molar-refractivity contribution in [1.82, 2.24) is 5.32 Å². The minimum absolute atomic E-state index is 0.914. The summed E-state index contributed by atoms with van der Waals surface area (Å²) in [7, 11) is 0. The smallest absolute Gasteiger partial charge is 0.0478 e. The predicted octanol–water partition coefficient (Wildman–Crippen LogP) is 12.6. The van der Waals surface area contributed by atoms with E-state index >= 15 is 0 Å². The molecule has 0 aromatic carbocycles. The molecule has 0 aliphatic carbocycles. The first-order valence-electron chi connectivity index (χ1n) is 18.3. The van der Waals surface area contributed by atoms with Gasteiger partial charge in [0.25, 0.3) is 0 Å². The number of allylic oxidation sites excluding steroid dienone is 8. The Morgan fingerprint density at radius 2 is 0.732 bits per heavy atom. The number of hydrogen-bond acceptors (Lipinski definition) is 2. The van der Waals surface area contributed by atoms with Crippen molar-refractivity contribution in [2.24, 2.45) is 0 Å². The Hall–Kier alpha value is -1.12. The zero-order valence-corrected chi connectivity index (χ0v) is 28.0. The van der Waals surface area contributed by atoms with Gasteiger partial charge < -0.3 is 10.1 Å². The Morgan fingerprint density at radius 3 is 1.22 bits per heavy atom. The second-order valence-corrected chi connectivity index (χ2v) is 11.9. The molecule has 0 aromatic rings. The molecular formula is C39H73NO. The van der Waals surface area contributed by atoms with Gasteiger partial charge in [-0.3, -0.25) is 0 Å². The standard InChI is InChI=1S/C39H73NO/c1-3-5-7-9-11-13-15-17-19-21-23-25-27-29-31-33-36-40-37-35-39-41-38-34-32-30-28-26-24-22-20-18-16-14-12-10-8-6-4-2/h11-14,17-20,40H,3-10,15-16,21-39H2,1-2H3/b13-11-,14-12-,19-17?,20-18-. The van der Waals surface area contributed by atoms with Crippen molar-refractivity contribution in [2.75, 3.05) is 26.3 Å². The quantitative estimate of drug-likeness (QED) is 0.0612. The fraction of sp³-hybridized carbons (Fsp3) is 0.795. The Kier molecular flexibility index (Phi) is 37.8. The molecule has 0 fully saturated rings. The van der Waals surface area contributed by atoms with Crippen LogP contribution in [0.1, 0.15) is 174 Å². The van der Waals surface area contributed by atoms with Crippen LogP contribution in [0.3, 0.4) is 0 Å². The van der Waals surface area contributed by atoms with Crippen LogP contribution in [0.4, 0.5) is 0 Å². The first-order valence-corrected chi connectivity index (χ1v) is 18.3. The first-order chi connectivity index (χ1) is 20.4. The van der Waals surface area contributed by atoms with Gasteiger partial charge in [-0.1, -0.05) is 140 Å². The molecule has 0 saturated carbocycles. The van der Waals surface area contributed by atoms with E-state index in [4.69, 9.17) is 4.74 Å². The molecular weight excluding hydrogens is 498 g/mol. The molecule has 0 rings (SSSR count). The summed E-state index contributed by atoms with van der Waals surface area (Å²) in [4.78, 5) is 0. The zero-order valence-electron chi connectivity index (χ0n) is 28.0. The molecule has 1 N–H and O–H groups in total. The highest BCUT2D eigenvalue weighted by Crippen LogP contribution is 2.09. The molecule has 2 nitrogen and oxygen atoms in total. The number of rotatable bonds is 34. The molecule has 0 atom stereocenters. The van der Waals surface area contributed by atoms with Crippen LogP contribution in [0.5, 0.6) is 0 Å². The van der Waals surface area contributed by atoms with Gasteiger partial charge in [0.2, 0.25) is 0 Å². The van der Waals surface area contributed by atoms with Crippen molar-refractivity contribution >= 4 is 0 Å². The van der Waals surface area contributed by atoms with Gasteiger partial charge in [0.1, 0.15) is 0 Å². The van der Waals surface area contributed by atoms with Crippen molar-refractivity contribution in [2.45, 2.75) is 174 Å². The summed E-state index contributed by atoms with van der Waals surface area (Å²) in [6.45, 7) is 8.66. The number of unbranched alkanes of at least 4 members (excludes halogenated alkanes) is 18. The molecule has 240 valence electrons. The van der Waals surface area contributed by atoms with Crippen LogP contribution in [-0.2, 0) is 4.74 Å². The second-order valence-electron chi connectivity index (χ2n) is 11.9. The lowest BCUT2D eigenvalue weighted by Gasteiger charge is -2.06. The summed E-state index contributed by atoms with van der Waals surface area (Å²) in [6, 6.07) is 0. The molecule has 0 aliphatic heterocycles. The van der Waals surface area contributed by atoms with Gasteiger partial charge in [0.05, 0.1) is 0 Å². The van der Waals surface area contributed by atoms with Gasteiger partial charge >= 0.3 is 0 Å². The van der Waals surface area contributed by atoms with Crippen LogP contribution < -0.4 is 5.32 Å². The highest BCUT2D eigenvalue weighted by Gasteiger charge is 1.94. The minimum Gasteiger partial charge on any atom is -0.381 e. The van der Waals surface area contributed by atoms with Gasteiger partial charge in [-0.2, -0.15) is 0 Å². The van der Waals surface area contributed by atoms with Crippen molar-refractivity contribution in [1.29, 1.82) is 0 Å². The van der Waals surface area contributed by atoms with Crippen molar-refractivity contribution in [3.05, 3.63) is 48.6 Å². The lowest BCUT2D eigenvalue weighted by atomic mass is 10.1. The zero-order chi connectivity index (χ0) is 29.6. The normalized spacial score (nSPS) is 12.3. The van der Waals surface area contributed by atoms with Gasteiger partial charge in [-0.05, 0) is 96.6 Å². The van der Waals surface area contributed by atoms with E-state index in [0.29, 0.717) is 0 Å². The fourth-order valence-electron chi connectivity index (χ4n) is 4.96. The Bertz CT molecular complexity index is 526. The summed E-state index contributed by atoms with van der Waals surface area (Å²) < 4.78 is 5.83. The average molecular weight is 572 g/mol. The Balaban J connectivity index is 3.14. The highest BCUT2D eigenvalue weighted by atomic mass is 16.5. The highest BCUT2D eigenvalue weighted by molar-refractivity contribution is 4.93. The maximum Gasteiger partial charge on any atom is 0.0478 e. The molecule has 0 radical (unpaired) electrons. The van der Waals surface area contributed by atoms with Crippen molar-refractivity contribution in [3.63, 3.8) is 0 Å². The van der Waals surface area contributed by atoms with Gasteiger partial charge in [-0.25, -0.2) is 0 Å². The van der Waals surface area contributed by atoms with Crippen LogP contribution >= 0.6 is 0 Å². The van der Waals surface area contributed by atoms with Crippen LogP contribution in [0.15, 0.2) is 48.6 Å². The lowest BCUT2D eigenvalue weighted by Crippen LogP contribution is -2.18. The molecule has 0 amide bonds. The molecule has 0 spiro atoms. The topological polar surface area (TPSA) is 21.3 Å². The SMILES string of the molecule is CCCCC/C=C\CC=CCCCCCCCCNCCCOCCCCCCCC/C=C\C/C=C\CCCCC. The lowest BCUT2D eigenvalue weighted by molar-refractivity contribution is 0.127. The number of nitrogens with one attached hydrogen (secondary N) is 1. The summed E-state index contributed by atoms with van der Waals surface area (Å²) >= 11 is 0. The third-order valence-corrected chi connectivity index (χ3v) is 7.69. The molecule has 41 heavy (non-hydrogen) atoms. The van der Waals surface area contributed by atoms with Crippen LogP contribution in [0.25, 0.3) is 0 Å². The van der Waals surface area contributed by atoms with E-state index in [0.717, 1.165) is 39.0 Å². The molecule has 2 heteroatoms. The van der Waals surface area contributed by atoms with Gasteiger partial charge in [0.15, 0.2) is 0 Å². The average Bonchev–Trinajstić information content (AvgIpc) is 2.98. The Morgan fingerprint density at radius 1 is 0.366 bits per heavy atom. The molecule has 0 saturated heterocycles. The molecule has 0 unspecified atom stereocenters. The summed E-state index contributed by atoms with van der Waals surface area (Å²) in [5.41, 5.74) is 0. The summed E-state index contributed by atoms with van der Waals surface area (Å²) in [6.07, 6.45) is 51.4. The third kappa shape index (κ3) is 38.9. The molecule has 0 aromatic heterocycles. The van der Waals surface area contributed by atoms with Crippen LogP contribution in [0, 0.1) is 0 Å². The third-order valence-electron chi connectivity index (χ3n) is 7.69. The van der Waals surface area contributed by atoms with Crippen LogP contribution in [-0.4, -0.2) is 26.3 Å². The fourth-order valence-corrected chi connectivity index (χ4v) is 4.96. The Labute approximate surface area is 259 Å². The van der Waals surface area contributed by atoms with Crippen LogP contribution in [0.2, 0.25) is 0 Å². The maximum absolute atomic E-state index is 5.83. The van der Waals surface area contributed by atoms with E-state index in [9.17, 15) is 0 Å². The predicted molar refractivity (Wildman–Crippen MR) is 187 cm³/mol. The van der Waals surface area contributed by atoms with Crippen molar-refractivity contribution in [3.8, 4) is 0 Å². The molecule has 0 aliphatic rings. The largest absolute Gasteiger partial charge is 0.381 e. The second kappa shape index (κ2) is 38.9. The maximum atomic E-state index is 5.83. The van der Waals surface area contributed by atoms with Gasteiger partial charge in [0, 0.05) is 13.2 Å².